The Bertz CT molecular complexity index is 351. The fraction of sp³-hybridized carbons (Fsp3) is 0.385. The number of benzene rings is 1. The molecule has 0 saturated carbocycles. The summed E-state index contributed by atoms with van der Waals surface area (Å²) in [5, 5.41) is 9.58. The van der Waals surface area contributed by atoms with Crippen molar-refractivity contribution in [3.05, 3.63) is 35.9 Å². The molecule has 15 heavy (non-hydrogen) atoms. The summed E-state index contributed by atoms with van der Waals surface area (Å²) in [6, 6.07) is 8.00. The van der Waals surface area contributed by atoms with E-state index in [1.165, 1.54) is 11.1 Å². The minimum atomic E-state index is -0.174. The lowest BCUT2D eigenvalue weighted by atomic mass is 9.92. The van der Waals surface area contributed by atoms with Crippen molar-refractivity contribution in [3.63, 3.8) is 0 Å². The largest absolute Gasteiger partial charge is 0.497 e. The van der Waals surface area contributed by atoms with Gasteiger partial charge in [-0.1, -0.05) is 18.2 Å². The third-order valence-electron chi connectivity index (χ3n) is 2.81. The molecule has 0 fully saturated rings. The maximum absolute atomic E-state index is 9.58. The lowest BCUT2D eigenvalue weighted by Gasteiger charge is -2.18. The van der Waals surface area contributed by atoms with Gasteiger partial charge < -0.3 is 9.84 Å². The predicted octanol–water partition coefficient (Wildman–Crippen LogP) is 2.62. The lowest BCUT2D eigenvalue weighted by Crippen LogP contribution is -2.10. The highest BCUT2D eigenvalue weighted by Gasteiger charge is 2.13. The van der Waals surface area contributed by atoms with Crippen molar-refractivity contribution in [3.8, 4) is 5.75 Å². The first kappa shape index (κ1) is 10.2. The van der Waals surface area contributed by atoms with Crippen LogP contribution in [0.3, 0.4) is 0 Å². The van der Waals surface area contributed by atoms with Crippen molar-refractivity contribution >= 4 is 5.57 Å². The van der Waals surface area contributed by atoms with Crippen molar-refractivity contribution in [2.75, 3.05) is 7.11 Å². The molecule has 1 aromatic carbocycles. The number of aliphatic hydroxyl groups is 1. The normalized spacial score (nSPS) is 20.9. The van der Waals surface area contributed by atoms with Crippen LogP contribution in [0.5, 0.6) is 5.75 Å². The predicted molar refractivity (Wildman–Crippen MR) is 60.8 cm³/mol. The van der Waals surface area contributed by atoms with Gasteiger partial charge in [0.25, 0.3) is 0 Å². The van der Waals surface area contributed by atoms with Crippen LogP contribution in [0.15, 0.2) is 30.3 Å². The summed E-state index contributed by atoms with van der Waals surface area (Å²) in [7, 11) is 1.67. The van der Waals surface area contributed by atoms with Gasteiger partial charge in [0.2, 0.25) is 0 Å². The Hall–Kier alpha value is -1.28. The Balaban J connectivity index is 2.18. The van der Waals surface area contributed by atoms with Gasteiger partial charge in [0.1, 0.15) is 5.75 Å². The van der Waals surface area contributed by atoms with Crippen LogP contribution in [-0.4, -0.2) is 18.3 Å². The zero-order valence-electron chi connectivity index (χ0n) is 8.94. The van der Waals surface area contributed by atoms with Crippen LogP contribution in [-0.2, 0) is 0 Å². The smallest absolute Gasteiger partial charge is 0.118 e. The van der Waals surface area contributed by atoms with Crippen LogP contribution < -0.4 is 4.74 Å². The molecule has 0 bridgehead atoms. The van der Waals surface area contributed by atoms with E-state index in [9.17, 15) is 5.11 Å². The van der Waals surface area contributed by atoms with Crippen molar-refractivity contribution in [2.45, 2.75) is 25.4 Å². The van der Waals surface area contributed by atoms with Crippen LogP contribution in [0, 0.1) is 0 Å². The molecule has 1 aliphatic carbocycles. The Labute approximate surface area is 90.2 Å². The molecule has 1 aliphatic rings. The van der Waals surface area contributed by atoms with E-state index in [0.717, 1.165) is 25.0 Å². The van der Waals surface area contributed by atoms with Gasteiger partial charge >= 0.3 is 0 Å². The van der Waals surface area contributed by atoms with Gasteiger partial charge in [-0.25, -0.2) is 0 Å². The van der Waals surface area contributed by atoms with E-state index < -0.39 is 0 Å². The fourth-order valence-corrected chi connectivity index (χ4v) is 1.93. The Morgan fingerprint density at radius 3 is 2.60 bits per heavy atom. The van der Waals surface area contributed by atoms with E-state index in [2.05, 4.69) is 6.08 Å². The van der Waals surface area contributed by atoms with Crippen molar-refractivity contribution in [1.29, 1.82) is 0 Å². The second-order valence-electron chi connectivity index (χ2n) is 3.89. The van der Waals surface area contributed by atoms with Gasteiger partial charge in [0.15, 0.2) is 0 Å². The molecule has 0 aromatic heterocycles. The molecular weight excluding hydrogens is 188 g/mol. The molecular formula is C13H16O2. The first-order valence-electron chi connectivity index (χ1n) is 5.31. The third kappa shape index (κ3) is 2.39. The molecule has 2 heteroatoms. The minimum absolute atomic E-state index is 0.174. The molecule has 1 atom stereocenters. The molecule has 0 spiro atoms. The summed E-state index contributed by atoms with van der Waals surface area (Å²) in [6.07, 6.45) is 4.68. The van der Waals surface area contributed by atoms with Gasteiger partial charge in [-0.15, -0.1) is 0 Å². The number of aliphatic hydroxyl groups excluding tert-OH is 1. The highest BCUT2D eigenvalue weighted by atomic mass is 16.5. The van der Waals surface area contributed by atoms with Gasteiger partial charge in [-0.2, -0.15) is 0 Å². The summed E-state index contributed by atoms with van der Waals surface area (Å²) in [4.78, 5) is 0. The monoisotopic (exact) mass is 204 g/mol. The van der Waals surface area contributed by atoms with Crippen molar-refractivity contribution in [1.82, 2.24) is 0 Å². The molecule has 0 saturated heterocycles. The molecule has 1 unspecified atom stereocenters. The molecule has 1 aromatic rings. The lowest BCUT2D eigenvalue weighted by molar-refractivity contribution is 0.167. The highest BCUT2D eigenvalue weighted by molar-refractivity contribution is 5.67. The highest BCUT2D eigenvalue weighted by Crippen LogP contribution is 2.27. The van der Waals surface area contributed by atoms with Crippen LogP contribution >= 0.6 is 0 Å². The van der Waals surface area contributed by atoms with Gasteiger partial charge in [0, 0.05) is 0 Å². The van der Waals surface area contributed by atoms with Gasteiger partial charge in [-0.3, -0.25) is 0 Å². The first-order chi connectivity index (χ1) is 7.29. The summed E-state index contributed by atoms with van der Waals surface area (Å²) < 4.78 is 5.11. The van der Waals surface area contributed by atoms with Crippen LogP contribution in [0.2, 0.25) is 0 Å². The van der Waals surface area contributed by atoms with Crippen LogP contribution in [0.1, 0.15) is 24.8 Å². The Morgan fingerprint density at radius 1 is 1.27 bits per heavy atom. The molecule has 2 nitrogen and oxygen atoms in total. The summed E-state index contributed by atoms with van der Waals surface area (Å²) >= 11 is 0. The molecule has 0 heterocycles. The molecule has 0 amide bonds. The van der Waals surface area contributed by atoms with E-state index in [1.54, 1.807) is 7.11 Å². The fourth-order valence-electron chi connectivity index (χ4n) is 1.93. The minimum Gasteiger partial charge on any atom is -0.497 e. The summed E-state index contributed by atoms with van der Waals surface area (Å²) in [6.45, 7) is 0. The average Bonchev–Trinajstić information content (AvgIpc) is 2.29. The first-order valence-corrected chi connectivity index (χ1v) is 5.31. The zero-order valence-corrected chi connectivity index (χ0v) is 8.94. The zero-order chi connectivity index (χ0) is 10.7. The third-order valence-corrected chi connectivity index (χ3v) is 2.81. The van der Waals surface area contributed by atoms with E-state index in [0.29, 0.717) is 0 Å². The number of methoxy groups -OCH3 is 1. The maximum Gasteiger partial charge on any atom is 0.118 e. The summed E-state index contributed by atoms with van der Waals surface area (Å²) in [5.41, 5.74) is 2.44. The number of rotatable bonds is 2. The quantitative estimate of drug-likeness (QED) is 0.802. The van der Waals surface area contributed by atoms with Crippen LogP contribution in [0.25, 0.3) is 5.57 Å². The number of hydrogen-bond acceptors (Lipinski definition) is 2. The molecule has 80 valence electrons. The standard InChI is InChI=1S/C13H16O2/c1-15-13-7-5-10(6-8-13)11-3-2-4-12(14)9-11/h3,5-8,12,14H,2,4,9H2,1H3. The summed E-state index contributed by atoms with van der Waals surface area (Å²) in [5.74, 6) is 0.871. The van der Waals surface area contributed by atoms with E-state index in [-0.39, 0.29) is 6.10 Å². The maximum atomic E-state index is 9.58. The number of allylic oxidation sites excluding steroid dienone is 1. The number of ether oxygens (including phenoxy) is 1. The van der Waals surface area contributed by atoms with Crippen LogP contribution in [0.4, 0.5) is 0 Å². The molecule has 1 N–H and O–H groups in total. The van der Waals surface area contributed by atoms with E-state index >= 15 is 0 Å². The Morgan fingerprint density at radius 2 is 2.00 bits per heavy atom. The average molecular weight is 204 g/mol. The van der Waals surface area contributed by atoms with E-state index in [1.807, 2.05) is 24.3 Å². The Kier molecular flexibility index (Phi) is 3.07. The SMILES string of the molecule is COc1ccc(C2=CCCC(O)C2)cc1. The topological polar surface area (TPSA) is 29.5 Å². The van der Waals surface area contributed by atoms with Crippen molar-refractivity contribution < 1.29 is 9.84 Å². The molecule has 0 radical (unpaired) electrons. The molecule has 2 rings (SSSR count). The van der Waals surface area contributed by atoms with Gasteiger partial charge in [-0.05, 0) is 42.5 Å². The van der Waals surface area contributed by atoms with Crippen molar-refractivity contribution in [2.24, 2.45) is 0 Å². The second kappa shape index (κ2) is 4.49. The number of hydrogen-bond donors (Lipinski definition) is 1. The second-order valence-corrected chi connectivity index (χ2v) is 3.89. The van der Waals surface area contributed by atoms with E-state index in [4.69, 9.17) is 4.74 Å². The van der Waals surface area contributed by atoms with Gasteiger partial charge in [0.05, 0.1) is 13.2 Å². The molecule has 0 aliphatic heterocycles.